The second kappa shape index (κ2) is 17.5. The van der Waals surface area contributed by atoms with Crippen molar-refractivity contribution in [2.24, 2.45) is 5.92 Å². The van der Waals surface area contributed by atoms with Crippen LogP contribution >= 0.6 is 0 Å². The quantitative estimate of drug-likeness (QED) is 0.418. The Morgan fingerprint density at radius 3 is 1.29 bits per heavy atom. The lowest BCUT2D eigenvalue weighted by atomic mass is 10.2. The van der Waals surface area contributed by atoms with Crippen molar-refractivity contribution in [3.63, 3.8) is 0 Å². The number of rotatable bonds is 0. The molecule has 0 aromatic heterocycles. The lowest BCUT2D eigenvalue weighted by Crippen LogP contribution is -1.81. The van der Waals surface area contributed by atoms with Crippen LogP contribution < -0.4 is 6.15 Å². The first-order chi connectivity index (χ1) is 9.00. The number of aryl methyl sites for hydroxylation is 1. The van der Waals surface area contributed by atoms with Crippen LogP contribution in [0.4, 0.5) is 9.59 Å². The third-order valence-electron chi connectivity index (χ3n) is 1.12. The van der Waals surface area contributed by atoms with Crippen LogP contribution in [0, 0.1) is 12.8 Å². The topological polar surface area (TPSA) is 170 Å². The number of carboxylic acid groups (broad SMARTS) is 4. The lowest BCUT2D eigenvalue weighted by Gasteiger charge is -1.92. The third-order valence-corrected chi connectivity index (χ3v) is 1.12. The maximum atomic E-state index is 8.92. The zero-order valence-corrected chi connectivity index (χ0v) is 12.6. The van der Waals surface area contributed by atoms with Crippen LogP contribution in [0.25, 0.3) is 0 Å². The molecule has 8 heteroatoms. The van der Waals surface area contributed by atoms with Crippen molar-refractivity contribution in [1.29, 1.82) is 0 Å². The maximum absolute atomic E-state index is 8.92. The molecule has 0 saturated carbocycles. The van der Waals surface area contributed by atoms with Crippen LogP contribution in [0.5, 0.6) is 5.75 Å². The number of hydrogen-bond donors (Lipinski definition) is 6. The molecule has 1 aromatic rings. The minimum absolute atomic E-state index is 0. The minimum atomic E-state index is -1.83. The number of carbonyl (C=O) groups is 2. The van der Waals surface area contributed by atoms with Crippen LogP contribution in [0.1, 0.15) is 26.3 Å². The fraction of sp³-hybridized carbons (Fsp3) is 0.385. The molecule has 0 bridgehead atoms. The summed E-state index contributed by atoms with van der Waals surface area (Å²) >= 11 is 0. The van der Waals surface area contributed by atoms with Gasteiger partial charge >= 0.3 is 12.3 Å². The summed E-state index contributed by atoms with van der Waals surface area (Å²) in [5, 5.41) is 36.8. The highest BCUT2D eigenvalue weighted by Gasteiger charge is 1.87. The van der Waals surface area contributed by atoms with E-state index in [-0.39, 0.29) is 6.15 Å². The van der Waals surface area contributed by atoms with Gasteiger partial charge in [0, 0.05) is 0 Å². The Labute approximate surface area is 123 Å². The van der Waals surface area contributed by atoms with Gasteiger partial charge in [-0.1, -0.05) is 39.0 Å². The number of hydrogen-bond acceptors (Lipinski definition) is 4. The molecule has 0 atom stereocenters. The Morgan fingerprint density at radius 2 is 1.14 bits per heavy atom. The number of phenols is 1. The average molecular weight is 307 g/mol. The number of phenolic OH excluding ortho intramolecular Hbond substituents is 1. The normalized spacial score (nSPS) is 7.48. The van der Waals surface area contributed by atoms with Crippen molar-refractivity contribution in [1.82, 2.24) is 6.15 Å². The van der Waals surface area contributed by atoms with Gasteiger partial charge in [-0.05, 0) is 24.5 Å². The molecule has 0 aliphatic heterocycles. The smallest absolute Gasteiger partial charge is 0.503 e. The van der Waals surface area contributed by atoms with E-state index in [1.165, 1.54) is 0 Å². The molecule has 0 aliphatic rings. The highest BCUT2D eigenvalue weighted by molar-refractivity contribution is 5.53. The standard InChI is InChI=1S/C7H8O.C4H10.2CH2O3.H3N/c1-6-4-2-3-5-7(6)8;1-4(2)3;2*2-1(3)4;/h2-5,8H,1H3;4H,1-3H3;2*(H2,2,3,4);1H3. The Balaban J connectivity index is -0.0000000973. The second-order valence-corrected chi connectivity index (χ2v) is 4.08. The first-order valence-corrected chi connectivity index (χ1v) is 5.59. The molecule has 0 amide bonds. The molecule has 21 heavy (non-hydrogen) atoms. The number of aromatic hydroxyl groups is 1. The van der Waals surface area contributed by atoms with Crippen molar-refractivity contribution >= 4 is 12.3 Å². The van der Waals surface area contributed by atoms with Crippen molar-refractivity contribution in [2.45, 2.75) is 27.7 Å². The maximum Gasteiger partial charge on any atom is 0.503 e. The average Bonchev–Trinajstić information content (AvgIpc) is 2.20. The monoisotopic (exact) mass is 307 g/mol. The van der Waals surface area contributed by atoms with Crippen LogP contribution in [0.2, 0.25) is 0 Å². The van der Waals surface area contributed by atoms with E-state index >= 15 is 0 Å². The predicted molar refractivity (Wildman–Crippen MR) is 79.7 cm³/mol. The van der Waals surface area contributed by atoms with Gasteiger partial charge in [-0.3, -0.25) is 0 Å². The van der Waals surface area contributed by atoms with Gasteiger partial charge in [0.15, 0.2) is 0 Å². The van der Waals surface area contributed by atoms with Crippen molar-refractivity contribution in [3.05, 3.63) is 29.8 Å². The van der Waals surface area contributed by atoms with Crippen molar-refractivity contribution in [2.75, 3.05) is 0 Å². The van der Waals surface area contributed by atoms with Crippen LogP contribution in [0.15, 0.2) is 24.3 Å². The molecule has 8 N–H and O–H groups in total. The lowest BCUT2D eigenvalue weighted by molar-refractivity contribution is 0.135. The van der Waals surface area contributed by atoms with Gasteiger partial charge in [0.1, 0.15) is 5.75 Å². The van der Waals surface area contributed by atoms with E-state index in [2.05, 4.69) is 20.8 Å². The molecule has 0 heterocycles. The van der Waals surface area contributed by atoms with E-state index < -0.39 is 12.3 Å². The molecule has 0 fully saturated rings. The van der Waals surface area contributed by atoms with Gasteiger partial charge in [0.2, 0.25) is 0 Å². The Bertz CT molecular complexity index is 337. The van der Waals surface area contributed by atoms with E-state index in [0.717, 1.165) is 11.5 Å². The summed E-state index contributed by atoms with van der Waals surface area (Å²) in [7, 11) is 0. The summed E-state index contributed by atoms with van der Waals surface area (Å²) in [6, 6.07) is 7.25. The summed E-state index contributed by atoms with van der Waals surface area (Å²) in [5.74, 6) is 1.20. The minimum Gasteiger partial charge on any atom is -0.508 e. The molecular weight excluding hydrogens is 282 g/mol. The van der Waals surface area contributed by atoms with E-state index in [9.17, 15) is 0 Å². The summed E-state index contributed by atoms with van der Waals surface area (Å²) in [4.78, 5) is 17.1. The molecule has 1 aromatic carbocycles. The SMILES string of the molecule is CC(C)C.Cc1ccccc1O.N.O=C(O)O.O=C(O)O. The fourth-order valence-corrected chi connectivity index (χ4v) is 0.563. The van der Waals surface area contributed by atoms with Gasteiger partial charge in [-0.25, -0.2) is 9.59 Å². The Hall–Kier alpha value is -2.48. The predicted octanol–water partition coefficient (Wildman–Crippen LogP) is 3.97. The van der Waals surface area contributed by atoms with Crippen LogP contribution in [-0.4, -0.2) is 37.8 Å². The third kappa shape index (κ3) is 58.1. The molecule has 1 rings (SSSR count). The molecule has 0 unspecified atom stereocenters. The summed E-state index contributed by atoms with van der Waals surface area (Å²) in [6.07, 6.45) is -3.67. The van der Waals surface area contributed by atoms with E-state index in [1.54, 1.807) is 6.07 Å². The van der Waals surface area contributed by atoms with Gasteiger partial charge in [0.25, 0.3) is 0 Å². The van der Waals surface area contributed by atoms with Crippen molar-refractivity contribution in [3.8, 4) is 5.75 Å². The number of para-hydroxylation sites is 1. The van der Waals surface area contributed by atoms with E-state index in [0.29, 0.717) is 5.75 Å². The first-order valence-electron chi connectivity index (χ1n) is 5.59. The Kier molecular flexibility index (Phi) is 22.5. The van der Waals surface area contributed by atoms with Gasteiger partial charge in [0.05, 0.1) is 0 Å². The molecule has 8 nitrogen and oxygen atoms in total. The molecule has 0 aliphatic carbocycles. The largest absolute Gasteiger partial charge is 0.508 e. The van der Waals surface area contributed by atoms with Crippen LogP contribution in [-0.2, 0) is 0 Å². The van der Waals surface area contributed by atoms with Crippen LogP contribution in [0.3, 0.4) is 0 Å². The van der Waals surface area contributed by atoms with Gasteiger partial charge < -0.3 is 31.7 Å². The first kappa shape index (κ1) is 27.0. The molecule has 0 spiro atoms. The zero-order valence-electron chi connectivity index (χ0n) is 12.6. The molecule has 0 saturated heterocycles. The molecule has 124 valence electrons. The highest BCUT2D eigenvalue weighted by Crippen LogP contribution is 2.12. The second-order valence-electron chi connectivity index (χ2n) is 4.08. The Morgan fingerprint density at radius 1 is 0.905 bits per heavy atom. The summed E-state index contributed by atoms with van der Waals surface area (Å²) in [6.45, 7) is 8.37. The zero-order chi connectivity index (χ0) is 16.7. The van der Waals surface area contributed by atoms with Gasteiger partial charge in [-0.15, -0.1) is 0 Å². The highest BCUT2D eigenvalue weighted by atomic mass is 16.6. The fourth-order valence-electron chi connectivity index (χ4n) is 0.563. The summed E-state index contributed by atoms with van der Waals surface area (Å²) in [5.41, 5.74) is 0.924. The summed E-state index contributed by atoms with van der Waals surface area (Å²) < 4.78 is 0. The van der Waals surface area contributed by atoms with E-state index in [4.69, 9.17) is 35.1 Å². The molecule has 0 radical (unpaired) electrons. The molecular formula is C13H25NO7. The van der Waals surface area contributed by atoms with E-state index in [1.807, 2.05) is 25.1 Å². The van der Waals surface area contributed by atoms with Gasteiger partial charge in [-0.2, -0.15) is 0 Å². The van der Waals surface area contributed by atoms with Crippen molar-refractivity contribution < 1.29 is 35.1 Å². The number of benzene rings is 1.